The van der Waals surface area contributed by atoms with E-state index in [-0.39, 0.29) is 6.04 Å². The van der Waals surface area contributed by atoms with Gasteiger partial charge in [0.2, 0.25) is 0 Å². The third-order valence-electron chi connectivity index (χ3n) is 3.59. The lowest BCUT2D eigenvalue weighted by molar-refractivity contribution is 0.522. The summed E-state index contributed by atoms with van der Waals surface area (Å²) in [6.45, 7) is 3.03. The summed E-state index contributed by atoms with van der Waals surface area (Å²) in [5.41, 5.74) is 3.45. The van der Waals surface area contributed by atoms with Crippen LogP contribution in [-0.4, -0.2) is 16.3 Å². The molecule has 0 aliphatic rings. The molecule has 104 valence electrons. The molecule has 0 amide bonds. The van der Waals surface area contributed by atoms with Crippen molar-refractivity contribution in [3.63, 3.8) is 0 Å². The van der Waals surface area contributed by atoms with E-state index in [1.165, 1.54) is 10.9 Å². The number of aryl methyl sites for hydroxylation is 1. The lowest BCUT2D eigenvalue weighted by Crippen LogP contribution is -2.23. The lowest BCUT2D eigenvalue weighted by Gasteiger charge is -2.15. The van der Waals surface area contributed by atoms with Gasteiger partial charge in [0, 0.05) is 12.4 Å². The molecule has 2 aromatic heterocycles. The fraction of sp³-hybridized carbons (Fsp3) is 0.312. The second-order valence-corrected chi connectivity index (χ2v) is 4.97. The van der Waals surface area contributed by atoms with Crippen LogP contribution in [0.1, 0.15) is 24.2 Å². The normalized spacial score (nSPS) is 12.9. The van der Waals surface area contributed by atoms with Crippen molar-refractivity contribution in [3.05, 3.63) is 54.1 Å². The number of furan rings is 1. The zero-order valence-corrected chi connectivity index (χ0v) is 11.8. The van der Waals surface area contributed by atoms with Crippen molar-refractivity contribution in [2.24, 2.45) is 7.05 Å². The summed E-state index contributed by atoms with van der Waals surface area (Å²) in [5.74, 6) is 0. The highest BCUT2D eigenvalue weighted by molar-refractivity contribution is 5.82. The van der Waals surface area contributed by atoms with Gasteiger partial charge in [-0.2, -0.15) is 5.10 Å². The Morgan fingerprint density at radius 2 is 2.15 bits per heavy atom. The third-order valence-corrected chi connectivity index (χ3v) is 3.59. The van der Waals surface area contributed by atoms with Crippen LogP contribution in [0.2, 0.25) is 0 Å². The van der Waals surface area contributed by atoms with E-state index < -0.39 is 0 Å². The van der Waals surface area contributed by atoms with Gasteiger partial charge in [0.1, 0.15) is 0 Å². The standard InChI is InChI=1S/C16H19N3O/c1-3-17-14(10-12-8-9-20-11-12)16-13-6-4-5-7-15(13)19(2)18-16/h4-9,11,14,17H,3,10H2,1-2H3. The number of hydrogen-bond donors (Lipinski definition) is 1. The van der Waals surface area contributed by atoms with Crippen LogP contribution < -0.4 is 5.32 Å². The van der Waals surface area contributed by atoms with Crippen molar-refractivity contribution in [3.8, 4) is 0 Å². The molecule has 4 heteroatoms. The second kappa shape index (κ2) is 5.51. The summed E-state index contributed by atoms with van der Waals surface area (Å²) in [7, 11) is 1.99. The molecule has 0 saturated carbocycles. The Hall–Kier alpha value is -2.07. The van der Waals surface area contributed by atoms with Crippen molar-refractivity contribution in [1.82, 2.24) is 15.1 Å². The van der Waals surface area contributed by atoms with Crippen LogP contribution >= 0.6 is 0 Å². The van der Waals surface area contributed by atoms with Crippen LogP contribution in [0.3, 0.4) is 0 Å². The Balaban J connectivity index is 2.00. The second-order valence-electron chi connectivity index (χ2n) is 4.97. The first-order valence-electron chi connectivity index (χ1n) is 6.95. The quantitative estimate of drug-likeness (QED) is 0.774. The predicted octanol–water partition coefficient (Wildman–Crippen LogP) is 3.06. The molecule has 1 N–H and O–H groups in total. The first-order chi connectivity index (χ1) is 9.79. The van der Waals surface area contributed by atoms with Crippen molar-refractivity contribution in [2.45, 2.75) is 19.4 Å². The van der Waals surface area contributed by atoms with Gasteiger partial charge in [-0.1, -0.05) is 25.1 Å². The summed E-state index contributed by atoms with van der Waals surface area (Å²) in [4.78, 5) is 0. The van der Waals surface area contributed by atoms with Crippen LogP contribution in [-0.2, 0) is 13.5 Å². The Morgan fingerprint density at radius 1 is 1.30 bits per heavy atom. The van der Waals surface area contributed by atoms with E-state index in [9.17, 15) is 0 Å². The number of para-hydroxylation sites is 1. The molecule has 0 saturated heterocycles. The molecule has 1 aromatic carbocycles. The molecule has 1 unspecified atom stereocenters. The van der Waals surface area contributed by atoms with E-state index in [2.05, 4.69) is 30.4 Å². The molecule has 4 nitrogen and oxygen atoms in total. The van der Waals surface area contributed by atoms with E-state index in [4.69, 9.17) is 9.52 Å². The van der Waals surface area contributed by atoms with Crippen LogP contribution in [0.5, 0.6) is 0 Å². The fourth-order valence-corrected chi connectivity index (χ4v) is 2.66. The number of nitrogens with one attached hydrogen (secondary N) is 1. The highest BCUT2D eigenvalue weighted by Crippen LogP contribution is 2.25. The minimum Gasteiger partial charge on any atom is -0.472 e. The molecule has 0 aliphatic heterocycles. The molecule has 1 atom stereocenters. The lowest BCUT2D eigenvalue weighted by atomic mass is 10.0. The summed E-state index contributed by atoms with van der Waals surface area (Å²) in [6, 6.07) is 10.6. The number of hydrogen-bond acceptors (Lipinski definition) is 3. The largest absolute Gasteiger partial charge is 0.472 e. The molecular formula is C16H19N3O. The van der Waals surface area contributed by atoms with Gasteiger partial charge < -0.3 is 9.73 Å². The smallest absolute Gasteiger partial charge is 0.0935 e. The minimum atomic E-state index is 0.198. The molecule has 0 spiro atoms. The summed E-state index contributed by atoms with van der Waals surface area (Å²) < 4.78 is 7.12. The topological polar surface area (TPSA) is 43.0 Å². The fourth-order valence-electron chi connectivity index (χ4n) is 2.66. The summed E-state index contributed by atoms with van der Waals surface area (Å²) in [6.07, 6.45) is 4.40. The highest BCUT2D eigenvalue weighted by Gasteiger charge is 2.18. The number of aromatic nitrogens is 2. The van der Waals surface area contributed by atoms with Crippen molar-refractivity contribution in [2.75, 3.05) is 6.54 Å². The Kier molecular flexibility index (Phi) is 3.56. The monoisotopic (exact) mass is 269 g/mol. The summed E-state index contributed by atoms with van der Waals surface area (Å²) >= 11 is 0. The molecule has 0 bridgehead atoms. The van der Waals surface area contributed by atoms with E-state index in [1.807, 2.05) is 23.9 Å². The van der Waals surface area contributed by atoms with Crippen LogP contribution in [0.25, 0.3) is 10.9 Å². The number of likely N-dealkylation sites (N-methyl/N-ethyl adjacent to an activating group) is 1. The first kappa shape index (κ1) is 12.9. The maximum absolute atomic E-state index is 5.17. The Morgan fingerprint density at radius 3 is 2.90 bits per heavy atom. The average Bonchev–Trinajstić information content (AvgIpc) is 3.07. The van der Waals surface area contributed by atoms with Gasteiger partial charge in [-0.15, -0.1) is 0 Å². The SMILES string of the molecule is CCNC(Cc1ccoc1)c1nn(C)c2ccccc12. The molecule has 3 rings (SSSR count). The molecule has 0 aliphatic carbocycles. The van der Waals surface area contributed by atoms with Crippen molar-refractivity contribution < 1.29 is 4.42 Å². The van der Waals surface area contributed by atoms with E-state index in [0.717, 1.165) is 24.2 Å². The average molecular weight is 269 g/mol. The first-order valence-corrected chi connectivity index (χ1v) is 6.95. The van der Waals surface area contributed by atoms with Gasteiger partial charge in [0.25, 0.3) is 0 Å². The Bertz CT molecular complexity index is 685. The molecule has 3 aromatic rings. The zero-order valence-electron chi connectivity index (χ0n) is 11.8. The maximum atomic E-state index is 5.17. The maximum Gasteiger partial charge on any atom is 0.0935 e. The van der Waals surface area contributed by atoms with Crippen LogP contribution in [0.4, 0.5) is 0 Å². The number of fused-ring (bicyclic) bond motifs is 1. The number of rotatable bonds is 5. The van der Waals surface area contributed by atoms with Gasteiger partial charge in [0.05, 0.1) is 29.8 Å². The Labute approximate surface area is 118 Å². The van der Waals surface area contributed by atoms with Gasteiger partial charge in [-0.05, 0) is 30.7 Å². The van der Waals surface area contributed by atoms with Gasteiger partial charge >= 0.3 is 0 Å². The van der Waals surface area contributed by atoms with Crippen LogP contribution in [0, 0.1) is 0 Å². The molecule has 0 radical (unpaired) electrons. The van der Waals surface area contributed by atoms with Crippen molar-refractivity contribution >= 4 is 10.9 Å². The molecule has 0 fully saturated rings. The molecule has 2 heterocycles. The number of benzene rings is 1. The molecule has 20 heavy (non-hydrogen) atoms. The van der Waals surface area contributed by atoms with Gasteiger partial charge in [0.15, 0.2) is 0 Å². The number of nitrogens with zero attached hydrogens (tertiary/aromatic N) is 2. The highest BCUT2D eigenvalue weighted by atomic mass is 16.3. The van der Waals surface area contributed by atoms with E-state index >= 15 is 0 Å². The predicted molar refractivity (Wildman–Crippen MR) is 79.5 cm³/mol. The minimum absolute atomic E-state index is 0.198. The van der Waals surface area contributed by atoms with Crippen LogP contribution in [0.15, 0.2) is 47.3 Å². The van der Waals surface area contributed by atoms with Gasteiger partial charge in [-0.25, -0.2) is 0 Å². The molecular weight excluding hydrogens is 250 g/mol. The van der Waals surface area contributed by atoms with E-state index in [0.29, 0.717) is 0 Å². The third kappa shape index (κ3) is 2.34. The van der Waals surface area contributed by atoms with Crippen molar-refractivity contribution in [1.29, 1.82) is 0 Å². The zero-order chi connectivity index (χ0) is 13.9. The summed E-state index contributed by atoms with van der Waals surface area (Å²) in [5, 5.41) is 9.45. The van der Waals surface area contributed by atoms with E-state index in [1.54, 1.807) is 12.5 Å². The van der Waals surface area contributed by atoms with Gasteiger partial charge in [-0.3, -0.25) is 4.68 Å².